The van der Waals surface area contributed by atoms with Gasteiger partial charge in [-0.1, -0.05) is 291 Å². The molecule has 2 aromatic heterocycles. The van der Waals surface area contributed by atoms with E-state index in [0.717, 1.165) is 80.7 Å². The highest BCUT2D eigenvalue weighted by Gasteiger charge is 2.53. The molecule has 15 rings (SSSR count). The minimum atomic E-state index is -3.62. The summed E-state index contributed by atoms with van der Waals surface area (Å²) in [5, 5.41) is 9.07. The van der Waals surface area contributed by atoms with Gasteiger partial charge in [0.25, 0.3) is 16.6 Å². The molecule has 14 aromatic rings. The molecular formula is C75H52N4OSi2. The zero-order valence-electron chi connectivity index (χ0n) is 44.7. The van der Waals surface area contributed by atoms with Crippen LogP contribution in [-0.4, -0.2) is 36.2 Å². The second-order valence-electron chi connectivity index (χ2n) is 20.9. The molecule has 5 nitrogen and oxygen atoms in total. The lowest BCUT2D eigenvalue weighted by Gasteiger charge is -2.44. The summed E-state index contributed by atoms with van der Waals surface area (Å²) in [7, 11) is -7.04. The van der Waals surface area contributed by atoms with Gasteiger partial charge in [-0.05, 0) is 99.9 Å². The first-order valence-corrected chi connectivity index (χ1v) is 31.7. The van der Waals surface area contributed by atoms with Crippen molar-refractivity contribution in [2.45, 2.75) is 0 Å². The number of hydrogen-bond acceptors (Lipinski definition) is 4. The molecule has 0 spiro atoms. The fourth-order valence-corrected chi connectivity index (χ4v) is 23.3. The van der Waals surface area contributed by atoms with E-state index in [1.165, 1.54) is 27.8 Å². The average molecular weight is 1080 g/mol. The molecule has 0 fully saturated rings. The summed E-state index contributed by atoms with van der Waals surface area (Å²) in [6.07, 6.45) is 0. The number of benzene rings is 12. The summed E-state index contributed by atoms with van der Waals surface area (Å²) in [5.74, 6) is 1.65. The Balaban J connectivity index is 0.995. The van der Waals surface area contributed by atoms with Gasteiger partial charge in [0.05, 0.1) is 11.0 Å². The van der Waals surface area contributed by atoms with Gasteiger partial charge in [0, 0.05) is 21.9 Å². The molecule has 0 unspecified atom stereocenters. The van der Waals surface area contributed by atoms with Gasteiger partial charge in [-0.3, -0.25) is 4.57 Å². The molecule has 1 aliphatic rings. The molecule has 12 aromatic carbocycles. The Bertz CT molecular complexity index is 4470. The van der Waals surface area contributed by atoms with Crippen molar-refractivity contribution in [3.8, 4) is 73.2 Å². The first-order chi connectivity index (χ1) is 40.7. The first-order valence-electron chi connectivity index (χ1n) is 27.9. The number of hydrogen-bond donors (Lipinski definition) is 0. The minimum absolute atomic E-state index is 0.531. The van der Waals surface area contributed by atoms with Gasteiger partial charge in [-0.25, -0.2) is 4.98 Å². The summed E-state index contributed by atoms with van der Waals surface area (Å²) in [6, 6.07) is 114. The maximum absolute atomic E-state index is 8.77. The Morgan fingerprint density at radius 1 is 0.244 bits per heavy atom. The lowest BCUT2D eigenvalue weighted by atomic mass is 9.80. The lowest BCUT2D eigenvalue weighted by Crippen LogP contribution is -2.81. The second-order valence-corrected chi connectivity index (χ2v) is 27.9. The van der Waals surface area contributed by atoms with Gasteiger partial charge < -0.3 is 4.12 Å². The van der Waals surface area contributed by atoms with Crippen LogP contribution in [0.4, 0.5) is 0 Å². The van der Waals surface area contributed by atoms with Gasteiger partial charge >= 0.3 is 0 Å². The number of aromatic nitrogens is 4. The Kier molecular flexibility index (Phi) is 12.2. The Labute approximate surface area is 479 Å². The fourth-order valence-electron chi connectivity index (χ4n) is 12.7. The van der Waals surface area contributed by atoms with E-state index in [9.17, 15) is 0 Å². The van der Waals surface area contributed by atoms with Crippen molar-refractivity contribution in [3.05, 3.63) is 315 Å². The van der Waals surface area contributed by atoms with Crippen molar-refractivity contribution in [3.63, 3.8) is 0 Å². The largest absolute Gasteiger partial charge is 0.435 e. The molecule has 0 saturated carbocycles. The van der Waals surface area contributed by atoms with E-state index >= 15 is 0 Å². The quantitative estimate of drug-likeness (QED) is 0.0957. The van der Waals surface area contributed by atoms with Gasteiger partial charge in [-0.15, -0.1) is 0 Å². The van der Waals surface area contributed by atoms with Crippen molar-refractivity contribution < 1.29 is 4.12 Å². The molecule has 0 bridgehead atoms. The van der Waals surface area contributed by atoms with Crippen molar-refractivity contribution in [2.24, 2.45) is 0 Å². The first kappa shape index (κ1) is 48.9. The fraction of sp³-hybridized carbons (Fsp3) is 0. The monoisotopic (exact) mass is 1080 g/mol. The minimum Gasteiger partial charge on any atom is -0.435 e. The van der Waals surface area contributed by atoms with Crippen LogP contribution in [0.3, 0.4) is 0 Å². The Morgan fingerprint density at radius 3 is 0.976 bits per heavy atom. The third-order valence-corrected chi connectivity index (χ3v) is 25.7. The summed E-state index contributed by atoms with van der Waals surface area (Å²) in [6.45, 7) is 0. The maximum atomic E-state index is 8.77. The Hall–Kier alpha value is -10.2. The molecule has 0 atom stereocenters. The normalized spacial score (nSPS) is 12.0. The standard InChI is InChI=1S/C75H52N4OSi2/c1-6-28-55(29-7-1)81(56-30-8-2-9-31-56,57-32-10-3-11-33-57)80-82(58-34-12-4-13-35-58,59-36-14-5-15-37-59)60-38-26-27-53(51-60)73-76-74(78-75(77-73)79-71-47-24-22-45-68(71)69-46-23-25-48-72(69)79)54-49-50-67-65-43-19-18-41-63(65)61-39-16-17-40-62(61)64-42-20-21-44-66(64)70(67)52-54/h1-52H. The highest BCUT2D eigenvalue weighted by Crippen LogP contribution is 2.48. The molecule has 0 N–H and O–H groups in total. The molecule has 7 heteroatoms. The third-order valence-electron chi connectivity index (χ3n) is 16.4. The number of rotatable bonds is 11. The molecule has 0 aliphatic heterocycles. The van der Waals surface area contributed by atoms with Crippen LogP contribution in [0, 0.1) is 0 Å². The highest BCUT2D eigenvalue weighted by molar-refractivity contribution is 7.18. The van der Waals surface area contributed by atoms with Gasteiger partial charge in [-0.2, -0.15) is 9.97 Å². The van der Waals surface area contributed by atoms with Crippen LogP contribution in [0.5, 0.6) is 0 Å². The third kappa shape index (κ3) is 8.13. The van der Waals surface area contributed by atoms with Crippen LogP contribution in [-0.2, 0) is 4.12 Å². The van der Waals surface area contributed by atoms with Crippen LogP contribution in [0.25, 0.3) is 95.0 Å². The van der Waals surface area contributed by atoms with Crippen LogP contribution in [0.2, 0.25) is 0 Å². The van der Waals surface area contributed by atoms with Crippen molar-refractivity contribution in [2.75, 3.05) is 0 Å². The second kappa shape index (κ2) is 20.5. The SMILES string of the molecule is c1ccc([Si](O[Si](c2ccccc2)(c2ccccc2)c2cccc(-c3nc(-c4ccc5c(c4)-c4ccccc4-c4ccccc4-c4ccccc4-5)nc(-n4c5ccccc5c5ccccc54)n3)c2)(c2ccccc2)c2ccccc2)cc1. The van der Waals surface area contributed by atoms with E-state index in [-0.39, 0.29) is 0 Å². The molecule has 82 heavy (non-hydrogen) atoms. The molecule has 2 heterocycles. The van der Waals surface area contributed by atoms with E-state index in [1.54, 1.807) is 0 Å². The van der Waals surface area contributed by atoms with Crippen LogP contribution < -0.4 is 31.1 Å². The van der Waals surface area contributed by atoms with Crippen LogP contribution in [0.1, 0.15) is 0 Å². The number of fused-ring (bicyclic) bond motifs is 11. The molecule has 0 amide bonds. The smallest absolute Gasteiger partial charge is 0.278 e. The van der Waals surface area contributed by atoms with Crippen molar-refractivity contribution >= 4 is 69.6 Å². The summed E-state index contributed by atoms with van der Waals surface area (Å²) in [5.41, 5.74) is 13.1. The van der Waals surface area contributed by atoms with Crippen LogP contribution >= 0.6 is 0 Å². The number of nitrogens with zero attached hydrogens (tertiary/aromatic N) is 4. The van der Waals surface area contributed by atoms with E-state index in [1.807, 2.05) is 0 Å². The van der Waals surface area contributed by atoms with Crippen molar-refractivity contribution in [1.82, 2.24) is 19.5 Å². The van der Waals surface area contributed by atoms with E-state index in [2.05, 4.69) is 320 Å². The van der Waals surface area contributed by atoms with Gasteiger partial charge in [0.15, 0.2) is 11.6 Å². The Morgan fingerprint density at radius 2 is 0.561 bits per heavy atom. The maximum Gasteiger partial charge on any atom is 0.278 e. The molecule has 1 aliphatic carbocycles. The summed E-state index contributed by atoms with van der Waals surface area (Å²) < 4.78 is 11.0. The van der Waals surface area contributed by atoms with Crippen molar-refractivity contribution in [1.29, 1.82) is 0 Å². The van der Waals surface area contributed by atoms with Crippen LogP contribution in [0.15, 0.2) is 315 Å². The zero-order chi connectivity index (χ0) is 54.5. The van der Waals surface area contributed by atoms with Gasteiger partial charge in [0.2, 0.25) is 5.95 Å². The molecule has 0 saturated heterocycles. The highest BCUT2D eigenvalue weighted by atomic mass is 28.4. The zero-order valence-corrected chi connectivity index (χ0v) is 46.7. The average Bonchev–Trinajstić information content (AvgIpc) is 4.02. The number of para-hydroxylation sites is 2. The molecule has 386 valence electrons. The molecular weight excluding hydrogens is 1030 g/mol. The molecule has 0 radical (unpaired) electrons. The van der Waals surface area contributed by atoms with E-state index in [0.29, 0.717) is 17.6 Å². The van der Waals surface area contributed by atoms with E-state index < -0.39 is 16.6 Å². The lowest BCUT2D eigenvalue weighted by molar-refractivity contribution is 0.600. The summed E-state index contributed by atoms with van der Waals surface area (Å²) >= 11 is 0. The van der Waals surface area contributed by atoms with Gasteiger partial charge in [0.1, 0.15) is 0 Å². The van der Waals surface area contributed by atoms with E-state index in [4.69, 9.17) is 19.1 Å². The predicted octanol–water partition coefficient (Wildman–Crippen LogP) is 13.9. The topological polar surface area (TPSA) is 52.8 Å². The predicted molar refractivity (Wildman–Crippen MR) is 343 cm³/mol. The summed E-state index contributed by atoms with van der Waals surface area (Å²) in [4.78, 5) is 16.7.